The first-order chi connectivity index (χ1) is 15.4. The molecule has 7 nitrogen and oxygen atoms in total. The van der Waals surface area contributed by atoms with Crippen molar-refractivity contribution in [3.63, 3.8) is 0 Å². The minimum absolute atomic E-state index is 0.0522. The van der Waals surface area contributed by atoms with Crippen LogP contribution in [0.5, 0.6) is 0 Å². The molecule has 3 heterocycles. The number of imidazole rings is 1. The molecule has 0 aliphatic carbocycles. The van der Waals surface area contributed by atoms with Crippen molar-refractivity contribution in [2.24, 2.45) is 5.92 Å². The number of anilines is 1. The second-order valence-corrected chi connectivity index (χ2v) is 9.21. The summed E-state index contributed by atoms with van der Waals surface area (Å²) in [7, 11) is 0. The van der Waals surface area contributed by atoms with Crippen LogP contribution in [0.2, 0.25) is 10.0 Å². The molecule has 2 unspecified atom stereocenters. The molecule has 5 rings (SSSR count). The van der Waals surface area contributed by atoms with Gasteiger partial charge in [-0.05, 0) is 49.6 Å². The van der Waals surface area contributed by atoms with Gasteiger partial charge in [0.2, 0.25) is 0 Å². The van der Waals surface area contributed by atoms with E-state index >= 15 is 0 Å². The van der Waals surface area contributed by atoms with Crippen molar-refractivity contribution in [1.29, 1.82) is 0 Å². The Kier molecular flexibility index (Phi) is 5.39. The number of H-pyrrole nitrogens is 1. The van der Waals surface area contributed by atoms with Crippen molar-refractivity contribution < 1.29 is 4.79 Å². The zero-order chi connectivity index (χ0) is 22.4. The average Bonchev–Trinajstić information content (AvgIpc) is 3.39. The highest BCUT2D eigenvalue weighted by Crippen LogP contribution is 2.31. The standard InChI is InChI=1S/C23H22Cl2N6O/c1-12-5-6-31(10-12)23(32)15-9-19-16(8-17(15)25)22(27-11-26-19)28-13(2)21-29-18-4-3-14(24)7-20(18)30-21/h3-4,7-9,11-13H,5-6,10H2,1-2H3,(H,29,30)(H,26,27,28). The maximum absolute atomic E-state index is 13.0. The van der Waals surface area contributed by atoms with E-state index in [1.807, 2.05) is 30.0 Å². The number of hydrogen-bond donors (Lipinski definition) is 2. The number of hydrogen-bond acceptors (Lipinski definition) is 5. The molecular formula is C23H22Cl2N6O. The maximum Gasteiger partial charge on any atom is 0.255 e. The third-order valence-corrected chi connectivity index (χ3v) is 6.44. The number of aromatic nitrogens is 4. The second kappa shape index (κ2) is 8.22. The van der Waals surface area contributed by atoms with Gasteiger partial charge in [0.25, 0.3) is 5.91 Å². The largest absolute Gasteiger partial charge is 0.360 e. The van der Waals surface area contributed by atoms with Crippen molar-refractivity contribution in [3.05, 3.63) is 58.1 Å². The fourth-order valence-electron chi connectivity index (χ4n) is 4.13. The lowest BCUT2D eigenvalue weighted by molar-refractivity contribution is 0.0788. The molecule has 0 saturated carbocycles. The van der Waals surface area contributed by atoms with Gasteiger partial charge in [-0.25, -0.2) is 15.0 Å². The van der Waals surface area contributed by atoms with Crippen LogP contribution in [-0.4, -0.2) is 43.8 Å². The Morgan fingerprint density at radius 3 is 2.84 bits per heavy atom. The van der Waals surface area contributed by atoms with Gasteiger partial charge < -0.3 is 15.2 Å². The molecular weight excluding hydrogens is 447 g/mol. The molecule has 2 atom stereocenters. The predicted octanol–water partition coefficient (Wildman–Crippen LogP) is 5.47. The number of nitrogens with zero attached hydrogens (tertiary/aromatic N) is 4. The van der Waals surface area contributed by atoms with Crippen molar-refractivity contribution in [1.82, 2.24) is 24.8 Å². The topological polar surface area (TPSA) is 86.8 Å². The molecule has 4 aromatic rings. The molecule has 1 aliphatic heterocycles. The van der Waals surface area contributed by atoms with Crippen LogP contribution in [-0.2, 0) is 0 Å². The lowest BCUT2D eigenvalue weighted by Crippen LogP contribution is -2.28. The third kappa shape index (κ3) is 3.87. The Balaban J connectivity index is 1.45. The summed E-state index contributed by atoms with van der Waals surface area (Å²) in [5.74, 6) is 1.84. The molecule has 0 bridgehead atoms. The van der Waals surface area contributed by atoms with E-state index in [1.165, 1.54) is 6.33 Å². The van der Waals surface area contributed by atoms with Crippen molar-refractivity contribution in [2.45, 2.75) is 26.3 Å². The van der Waals surface area contributed by atoms with E-state index in [2.05, 4.69) is 32.2 Å². The number of halogens is 2. The molecule has 164 valence electrons. The first-order valence-corrected chi connectivity index (χ1v) is 11.3. The highest BCUT2D eigenvalue weighted by atomic mass is 35.5. The van der Waals surface area contributed by atoms with Gasteiger partial charge in [-0.15, -0.1) is 0 Å². The summed E-state index contributed by atoms with van der Waals surface area (Å²) < 4.78 is 0. The van der Waals surface area contributed by atoms with Crippen LogP contribution in [0.4, 0.5) is 5.82 Å². The summed E-state index contributed by atoms with van der Waals surface area (Å²) >= 11 is 12.6. The van der Waals surface area contributed by atoms with Crippen LogP contribution in [0.15, 0.2) is 36.7 Å². The number of likely N-dealkylation sites (tertiary alicyclic amines) is 1. The van der Waals surface area contributed by atoms with Crippen molar-refractivity contribution in [3.8, 4) is 0 Å². The number of amides is 1. The summed E-state index contributed by atoms with van der Waals surface area (Å²) in [6.07, 6.45) is 2.49. The number of carbonyl (C=O) groups is 1. The quantitative estimate of drug-likeness (QED) is 0.414. The van der Waals surface area contributed by atoms with Gasteiger partial charge >= 0.3 is 0 Å². The summed E-state index contributed by atoms with van der Waals surface area (Å²) in [6, 6.07) is 8.89. The smallest absolute Gasteiger partial charge is 0.255 e. The molecule has 32 heavy (non-hydrogen) atoms. The molecule has 1 saturated heterocycles. The molecule has 1 aliphatic rings. The minimum Gasteiger partial charge on any atom is -0.360 e. The SMILES string of the molecule is CC1CCN(C(=O)c2cc3ncnc(NC(C)c4nc5ccc(Cl)cc5[nH]4)c3cc2Cl)C1. The molecule has 2 aromatic heterocycles. The first-order valence-electron chi connectivity index (χ1n) is 10.5. The van der Waals surface area contributed by atoms with Crippen molar-refractivity contribution in [2.75, 3.05) is 18.4 Å². The van der Waals surface area contributed by atoms with E-state index < -0.39 is 0 Å². The van der Waals surface area contributed by atoms with Crippen LogP contribution in [0.3, 0.4) is 0 Å². The number of benzene rings is 2. The highest BCUT2D eigenvalue weighted by Gasteiger charge is 2.26. The van der Waals surface area contributed by atoms with Gasteiger partial charge in [-0.3, -0.25) is 4.79 Å². The van der Waals surface area contributed by atoms with Gasteiger partial charge in [-0.2, -0.15) is 0 Å². The lowest BCUT2D eigenvalue weighted by atomic mass is 10.1. The average molecular weight is 469 g/mol. The molecule has 2 aromatic carbocycles. The predicted molar refractivity (Wildman–Crippen MR) is 127 cm³/mol. The monoisotopic (exact) mass is 468 g/mol. The lowest BCUT2D eigenvalue weighted by Gasteiger charge is -2.18. The summed E-state index contributed by atoms with van der Waals surface area (Å²) in [5.41, 5.74) is 2.84. The highest BCUT2D eigenvalue weighted by molar-refractivity contribution is 6.35. The number of aromatic amines is 1. The van der Waals surface area contributed by atoms with Gasteiger partial charge in [0.1, 0.15) is 18.0 Å². The van der Waals surface area contributed by atoms with E-state index in [0.717, 1.165) is 41.8 Å². The fraction of sp³-hybridized carbons (Fsp3) is 0.304. The number of fused-ring (bicyclic) bond motifs is 2. The normalized spacial score (nSPS) is 17.2. The van der Waals surface area contributed by atoms with Crippen molar-refractivity contribution >= 4 is 56.9 Å². The Morgan fingerprint density at radius 2 is 2.06 bits per heavy atom. The Bertz CT molecular complexity index is 1340. The molecule has 0 radical (unpaired) electrons. The number of carbonyl (C=O) groups excluding carboxylic acids is 1. The number of rotatable bonds is 4. The molecule has 1 amide bonds. The third-order valence-electron chi connectivity index (χ3n) is 5.89. The van der Waals surface area contributed by atoms with Crippen LogP contribution >= 0.6 is 23.2 Å². The summed E-state index contributed by atoms with van der Waals surface area (Å²) in [5, 5.41) is 5.17. The maximum atomic E-state index is 13.0. The minimum atomic E-state index is -0.162. The van der Waals surface area contributed by atoms with E-state index in [0.29, 0.717) is 32.9 Å². The van der Waals surface area contributed by atoms with Gasteiger partial charge in [0.05, 0.1) is 33.2 Å². The van der Waals surface area contributed by atoms with Crippen LogP contribution < -0.4 is 5.32 Å². The van der Waals surface area contributed by atoms with Crippen LogP contribution in [0.1, 0.15) is 42.5 Å². The molecule has 9 heteroatoms. The van der Waals surface area contributed by atoms with Gasteiger partial charge in [0.15, 0.2) is 0 Å². The van der Waals surface area contributed by atoms with E-state index in [1.54, 1.807) is 12.1 Å². The molecule has 1 fully saturated rings. The molecule has 0 spiro atoms. The first kappa shape index (κ1) is 21.0. The zero-order valence-corrected chi connectivity index (χ0v) is 19.2. The van der Waals surface area contributed by atoms with E-state index in [4.69, 9.17) is 23.2 Å². The van der Waals surface area contributed by atoms with Crippen LogP contribution in [0, 0.1) is 5.92 Å². The Hall–Kier alpha value is -2.90. The summed E-state index contributed by atoms with van der Waals surface area (Å²) in [6.45, 7) is 5.65. The Labute approximate surface area is 195 Å². The van der Waals surface area contributed by atoms with E-state index in [-0.39, 0.29) is 11.9 Å². The van der Waals surface area contributed by atoms with Gasteiger partial charge in [0, 0.05) is 23.5 Å². The molecule has 2 N–H and O–H groups in total. The number of nitrogens with one attached hydrogen (secondary N) is 2. The second-order valence-electron chi connectivity index (χ2n) is 8.37. The van der Waals surface area contributed by atoms with Gasteiger partial charge in [-0.1, -0.05) is 30.1 Å². The Morgan fingerprint density at radius 1 is 1.22 bits per heavy atom. The fourth-order valence-corrected chi connectivity index (χ4v) is 4.54. The summed E-state index contributed by atoms with van der Waals surface area (Å²) in [4.78, 5) is 31.5. The van der Waals surface area contributed by atoms with E-state index in [9.17, 15) is 4.79 Å². The zero-order valence-electron chi connectivity index (χ0n) is 17.7. The van der Waals surface area contributed by atoms with Crippen LogP contribution in [0.25, 0.3) is 21.9 Å².